The van der Waals surface area contributed by atoms with Crippen LogP contribution in [-0.2, 0) is 0 Å². The number of aromatic nitrogens is 1. The van der Waals surface area contributed by atoms with Crippen molar-refractivity contribution in [2.45, 2.75) is 11.8 Å². The number of urea groups is 1. The van der Waals surface area contributed by atoms with E-state index in [2.05, 4.69) is 10.3 Å². The summed E-state index contributed by atoms with van der Waals surface area (Å²) in [4.78, 5) is 19.4. The highest BCUT2D eigenvalue weighted by Gasteiger charge is 2.14. The summed E-state index contributed by atoms with van der Waals surface area (Å²) < 4.78 is 7.86. The van der Waals surface area contributed by atoms with Crippen molar-refractivity contribution in [2.24, 2.45) is 0 Å². The number of hydrogen-bond donors (Lipinski definition) is 1. The lowest BCUT2D eigenvalue weighted by Crippen LogP contribution is -2.31. The van der Waals surface area contributed by atoms with Crippen LogP contribution in [0.3, 0.4) is 0 Å². The van der Waals surface area contributed by atoms with E-state index < -0.39 is 0 Å². The van der Waals surface area contributed by atoms with E-state index in [9.17, 15) is 4.79 Å². The number of hydrogen-bond acceptors (Lipinski definition) is 6. The molecule has 0 unspecified atom stereocenters. The highest BCUT2D eigenvalue weighted by Crippen LogP contribution is 2.32. The first-order valence-electron chi connectivity index (χ1n) is 8.62. The SMILES string of the molecule is Cc1ccccc1Oc1cnc(NC(=O)N(C)c2cccc(SN(C)C)c2)s1. The molecule has 0 atom stereocenters. The van der Waals surface area contributed by atoms with Crippen LogP contribution in [0.5, 0.6) is 10.8 Å². The van der Waals surface area contributed by atoms with E-state index in [1.54, 1.807) is 30.1 Å². The van der Waals surface area contributed by atoms with E-state index >= 15 is 0 Å². The van der Waals surface area contributed by atoms with Gasteiger partial charge in [-0.3, -0.25) is 14.5 Å². The minimum atomic E-state index is -0.260. The maximum atomic E-state index is 12.6. The number of thiazole rings is 1. The molecule has 1 heterocycles. The lowest BCUT2D eigenvalue weighted by atomic mass is 10.2. The van der Waals surface area contributed by atoms with E-state index in [1.807, 2.05) is 73.9 Å². The van der Waals surface area contributed by atoms with Crippen molar-refractivity contribution in [3.05, 3.63) is 60.3 Å². The van der Waals surface area contributed by atoms with E-state index in [4.69, 9.17) is 4.74 Å². The third-order valence-corrected chi connectivity index (χ3v) is 5.42. The Balaban J connectivity index is 1.65. The molecule has 1 N–H and O–H groups in total. The molecule has 2 aromatic carbocycles. The normalized spacial score (nSPS) is 10.8. The number of aryl methyl sites for hydroxylation is 1. The zero-order valence-corrected chi connectivity index (χ0v) is 17.8. The molecule has 28 heavy (non-hydrogen) atoms. The Morgan fingerprint density at radius 1 is 1.14 bits per heavy atom. The van der Waals surface area contributed by atoms with Crippen LogP contribution in [0.1, 0.15) is 5.56 Å². The first-order chi connectivity index (χ1) is 13.4. The molecule has 8 heteroatoms. The molecule has 0 radical (unpaired) electrons. The van der Waals surface area contributed by atoms with Gasteiger partial charge in [-0.1, -0.05) is 35.6 Å². The minimum Gasteiger partial charge on any atom is -0.445 e. The highest BCUT2D eigenvalue weighted by atomic mass is 32.2. The Morgan fingerprint density at radius 3 is 2.68 bits per heavy atom. The van der Waals surface area contributed by atoms with E-state index in [0.29, 0.717) is 10.2 Å². The third-order valence-electron chi connectivity index (χ3n) is 3.80. The van der Waals surface area contributed by atoms with Crippen molar-refractivity contribution in [2.75, 3.05) is 31.4 Å². The van der Waals surface area contributed by atoms with Crippen molar-refractivity contribution in [1.29, 1.82) is 0 Å². The quantitative estimate of drug-likeness (QED) is 0.541. The second-order valence-electron chi connectivity index (χ2n) is 6.24. The number of para-hydroxylation sites is 1. The van der Waals surface area contributed by atoms with Gasteiger partial charge in [0.1, 0.15) is 5.75 Å². The molecule has 3 aromatic rings. The number of carbonyl (C=O) groups is 1. The summed E-state index contributed by atoms with van der Waals surface area (Å²) in [6.45, 7) is 1.98. The molecule has 3 rings (SSSR count). The van der Waals surface area contributed by atoms with Gasteiger partial charge in [-0.2, -0.15) is 0 Å². The second-order valence-corrected chi connectivity index (χ2v) is 8.62. The van der Waals surface area contributed by atoms with Crippen LogP contribution in [0.2, 0.25) is 0 Å². The van der Waals surface area contributed by atoms with Gasteiger partial charge in [0.2, 0.25) is 5.06 Å². The number of carbonyl (C=O) groups excluding carboxylic acids is 1. The molecule has 0 bridgehead atoms. The third kappa shape index (κ3) is 5.25. The Bertz CT molecular complexity index is 959. The van der Waals surface area contributed by atoms with Crippen LogP contribution in [0.4, 0.5) is 15.6 Å². The standard InChI is InChI=1S/C20H22N4O2S2/c1-14-8-5-6-11-17(14)26-18-13-21-19(27-18)22-20(25)24(4)15-9-7-10-16(12-15)28-23(2)3/h5-13H,1-4H3,(H,21,22,25). The Morgan fingerprint density at radius 2 is 1.93 bits per heavy atom. The van der Waals surface area contributed by atoms with E-state index in [1.165, 1.54) is 11.3 Å². The van der Waals surface area contributed by atoms with E-state index in [0.717, 1.165) is 21.9 Å². The molecule has 2 amide bonds. The number of benzene rings is 2. The molecule has 0 fully saturated rings. The molecule has 0 saturated carbocycles. The monoisotopic (exact) mass is 414 g/mol. The molecule has 6 nitrogen and oxygen atoms in total. The molecular weight excluding hydrogens is 392 g/mol. The smallest absolute Gasteiger partial charge is 0.327 e. The Kier molecular flexibility index (Phi) is 6.56. The fourth-order valence-electron chi connectivity index (χ4n) is 2.40. The molecule has 146 valence electrons. The highest BCUT2D eigenvalue weighted by molar-refractivity contribution is 7.97. The minimum absolute atomic E-state index is 0.260. The van der Waals surface area contributed by atoms with Gasteiger partial charge in [-0.05, 0) is 62.8 Å². The Hall–Kier alpha value is -2.55. The summed E-state index contributed by atoms with van der Waals surface area (Å²) >= 11 is 2.89. The summed E-state index contributed by atoms with van der Waals surface area (Å²) in [5.74, 6) is 0.774. The number of amides is 2. The van der Waals surface area contributed by atoms with Gasteiger partial charge in [0.05, 0.1) is 6.20 Å². The summed E-state index contributed by atoms with van der Waals surface area (Å²) in [5, 5.41) is 3.93. The van der Waals surface area contributed by atoms with Crippen molar-refractivity contribution in [3.63, 3.8) is 0 Å². The lowest BCUT2D eigenvalue weighted by molar-refractivity contribution is 0.258. The molecule has 0 aliphatic rings. The fraction of sp³-hybridized carbons (Fsp3) is 0.200. The van der Waals surface area contributed by atoms with Gasteiger partial charge >= 0.3 is 6.03 Å². The average Bonchev–Trinajstić information content (AvgIpc) is 3.09. The van der Waals surface area contributed by atoms with Crippen molar-refractivity contribution >= 4 is 40.1 Å². The molecule has 0 spiro atoms. The first kappa shape index (κ1) is 20.2. The number of nitrogens with zero attached hydrogens (tertiary/aromatic N) is 3. The summed E-state index contributed by atoms with van der Waals surface area (Å²) in [6, 6.07) is 15.3. The zero-order chi connectivity index (χ0) is 20.1. The predicted octanol–water partition coefficient (Wildman–Crippen LogP) is 5.48. The molecule has 0 saturated heterocycles. The van der Waals surface area contributed by atoms with Gasteiger partial charge in [-0.15, -0.1) is 0 Å². The van der Waals surface area contributed by atoms with Crippen molar-refractivity contribution < 1.29 is 9.53 Å². The number of ether oxygens (including phenoxy) is 1. The summed E-state index contributed by atoms with van der Waals surface area (Å²) in [5.41, 5.74) is 1.84. The molecule has 0 aliphatic carbocycles. The van der Waals surface area contributed by atoms with Crippen LogP contribution in [0, 0.1) is 6.92 Å². The second kappa shape index (κ2) is 9.09. The molecular formula is C20H22N4O2S2. The van der Waals surface area contributed by atoms with Crippen LogP contribution in [0.25, 0.3) is 0 Å². The largest absolute Gasteiger partial charge is 0.445 e. The van der Waals surface area contributed by atoms with Crippen LogP contribution in [0.15, 0.2) is 59.6 Å². The first-order valence-corrected chi connectivity index (χ1v) is 10.2. The average molecular weight is 415 g/mol. The predicted molar refractivity (Wildman–Crippen MR) is 117 cm³/mol. The van der Waals surface area contributed by atoms with Gasteiger partial charge in [0.25, 0.3) is 0 Å². The molecule has 0 aliphatic heterocycles. The van der Waals surface area contributed by atoms with Gasteiger partial charge < -0.3 is 4.74 Å². The number of nitrogens with one attached hydrogen (secondary N) is 1. The maximum Gasteiger partial charge on any atom is 0.327 e. The maximum absolute atomic E-state index is 12.6. The number of anilines is 2. The number of rotatable bonds is 6. The van der Waals surface area contributed by atoms with Crippen molar-refractivity contribution in [3.8, 4) is 10.8 Å². The Labute approximate surface area is 173 Å². The van der Waals surface area contributed by atoms with Crippen LogP contribution < -0.4 is 15.0 Å². The van der Waals surface area contributed by atoms with Gasteiger partial charge in [0.15, 0.2) is 5.13 Å². The van der Waals surface area contributed by atoms with Gasteiger partial charge in [0, 0.05) is 17.6 Å². The fourth-order valence-corrected chi connectivity index (χ4v) is 3.80. The van der Waals surface area contributed by atoms with Crippen molar-refractivity contribution in [1.82, 2.24) is 9.29 Å². The molecule has 1 aromatic heterocycles. The van der Waals surface area contributed by atoms with Crippen LogP contribution >= 0.6 is 23.3 Å². The van der Waals surface area contributed by atoms with E-state index in [-0.39, 0.29) is 6.03 Å². The zero-order valence-electron chi connectivity index (χ0n) is 16.2. The lowest BCUT2D eigenvalue weighted by Gasteiger charge is -2.18. The summed E-state index contributed by atoms with van der Waals surface area (Å²) in [7, 11) is 5.69. The van der Waals surface area contributed by atoms with Gasteiger partial charge in [-0.25, -0.2) is 9.78 Å². The van der Waals surface area contributed by atoms with Crippen LogP contribution in [-0.4, -0.2) is 36.5 Å². The summed E-state index contributed by atoms with van der Waals surface area (Å²) in [6.07, 6.45) is 1.61. The topological polar surface area (TPSA) is 57.7 Å².